The van der Waals surface area contributed by atoms with Crippen molar-refractivity contribution >= 4 is 5.91 Å². The van der Waals surface area contributed by atoms with Gasteiger partial charge < -0.3 is 14.1 Å². The van der Waals surface area contributed by atoms with E-state index in [0.29, 0.717) is 31.9 Å². The van der Waals surface area contributed by atoms with Gasteiger partial charge in [0.15, 0.2) is 6.39 Å². The Labute approximate surface area is 123 Å². The molecule has 1 aliphatic heterocycles. The number of benzene rings is 1. The molecule has 2 heterocycles. The van der Waals surface area contributed by atoms with Gasteiger partial charge in [0.05, 0.1) is 13.2 Å². The molecule has 3 rings (SSSR count). The van der Waals surface area contributed by atoms with Crippen LogP contribution in [0.5, 0.6) is 0 Å². The van der Waals surface area contributed by atoms with Gasteiger partial charge in [0.1, 0.15) is 11.5 Å². The van der Waals surface area contributed by atoms with E-state index in [4.69, 9.17) is 9.15 Å². The number of aromatic nitrogens is 1. The number of amides is 1. The van der Waals surface area contributed by atoms with Gasteiger partial charge in [0, 0.05) is 30.6 Å². The topological polar surface area (TPSA) is 55.6 Å². The standard InChI is InChI=1S/C16H18N2O3/c1-2-14-15(17-11-21-14)12-3-5-13(6-4-12)16(19)18-7-9-20-10-8-18/h3-6,11H,2,7-10H2,1H3. The Morgan fingerprint density at radius 2 is 1.95 bits per heavy atom. The predicted octanol–water partition coefficient (Wildman–Crippen LogP) is 2.38. The average Bonchev–Trinajstić information content (AvgIpc) is 3.04. The van der Waals surface area contributed by atoms with Crippen molar-refractivity contribution in [2.45, 2.75) is 13.3 Å². The quantitative estimate of drug-likeness (QED) is 0.869. The summed E-state index contributed by atoms with van der Waals surface area (Å²) in [5.41, 5.74) is 2.52. The zero-order valence-corrected chi connectivity index (χ0v) is 12.0. The van der Waals surface area contributed by atoms with E-state index in [1.54, 1.807) is 0 Å². The second kappa shape index (κ2) is 6.10. The second-order valence-electron chi connectivity index (χ2n) is 4.96. The van der Waals surface area contributed by atoms with Gasteiger partial charge in [-0.1, -0.05) is 19.1 Å². The fourth-order valence-electron chi connectivity index (χ4n) is 2.48. The summed E-state index contributed by atoms with van der Waals surface area (Å²) in [7, 11) is 0. The fourth-order valence-corrected chi connectivity index (χ4v) is 2.48. The third-order valence-electron chi connectivity index (χ3n) is 3.67. The number of carbonyl (C=O) groups is 1. The van der Waals surface area contributed by atoms with E-state index >= 15 is 0 Å². The van der Waals surface area contributed by atoms with Crippen LogP contribution in [0.2, 0.25) is 0 Å². The summed E-state index contributed by atoms with van der Waals surface area (Å²) in [6.07, 6.45) is 2.25. The molecule has 1 amide bonds. The van der Waals surface area contributed by atoms with Crippen LogP contribution in [0.15, 0.2) is 35.1 Å². The molecular formula is C16H18N2O3. The molecule has 0 radical (unpaired) electrons. The number of hydrogen-bond donors (Lipinski definition) is 0. The van der Waals surface area contributed by atoms with E-state index in [-0.39, 0.29) is 5.91 Å². The molecule has 0 unspecified atom stereocenters. The summed E-state index contributed by atoms with van der Waals surface area (Å²) in [4.78, 5) is 18.4. The summed E-state index contributed by atoms with van der Waals surface area (Å²) in [5.74, 6) is 0.919. The molecule has 1 fully saturated rings. The lowest BCUT2D eigenvalue weighted by Crippen LogP contribution is -2.40. The van der Waals surface area contributed by atoms with Crippen molar-refractivity contribution in [1.82, 2.24) is 9.88 Å². The molecule has 0 bridgehead atoms. The number of oxazole rings is 1. The number of carbonyl (C=O) groups excluding carboxylic acids is 1. The highest BCUT2D eigenvalue weighted by molar-refractivity contribution is 5.94. The second-order valence-corrected chi connectivity index (χ2v) is 4.96. The molecule has 1 aliphatic rings. The number of rotatable bonds is 3. The fraction of sp³-hybridized carbons (Fsp3) is 0.375. The first-order valence-corrected chi connectivity index (χ1v) is 7.19. The SMILES string of the molecule is CCc1ocnc1-c1ccc(C(=O)N2CCOCC2)cc1. The van der Waals surface area contributed by atoms with Crippen LogP contribution < -0.4 is 0 Å². The van der Waals surface area contributed by atoms with Crippen molar-refractivity contribution in [3.05, 3.63) is 42.0 Å². The number of morpholine rings is 1. The molecule has 0 spiro atoms. The van der Waals surface area contributed by atoms with Crippen LogP contribution in [0.1, 0.15) is 23.0 Å². The first kappa shape index (κ1) is 13.8. The predicted molar refractivity (Wildman–Crippen MR) is 78.0 cm³/mol. The van der Waals surface area contributed by atoms with E-state index in [1.807, 2.05) is 36.1 Å². The van der Waals surface area contributed by atoms with Gasteiger partial charge in [-0.25, -0.2) is 4.98 Å². The number of ether oxygens (including phenoxy) is 1. The van der Waals surface area contributed by atoms with Crippen LogP contribution in [0.4, 0.5) is 0 Å². The van der Waals surface area contributed by atoms with Crippen LogP contribution in [-0.2, 0) is 11.2 Å². The summed E-state index contributed by atoms with van der Waals surface area (Å²) in [6.45, 7) is 4.57. The lowest BCUT2D eigenvalue weighted by molar-refractivity contribution is 0.0303. The van der Waals surface area contributed by atoms with Crippen LogP contribution in [0.3, 0.4) is 0 Å². The third kappa shape index (κ3) is 2.83. The number of aryl methyl sites for hydroxylation is 1. The van der Waals surface area contributed by atoms with Gasteiger partial charge in [-0.2, -0.15) is 0 Å². The van der Waals surface area contributed by atoms with Crippen LogP contribution in [0, 0.1) is 0 Å². The maximum Gasteiger partial charge on any atom is 0.254 e. The highest BCUT2D eigenvalue weighted by atomic mass is 16.5. The minimum atomic E-state index is 0.0562. The normalized spacial score (nSPS) is 15.2. The lowest BCUT2D eigenvalue weighted by atomic mass is 10.1. The summed E-state index contributed by atoms with van der Waals surface area (Å²) in [5, 5.41) is 0. The van der Waals surface area contributed by atoms with Crippen molar-refractivity contribution in [2.75, 3.05) is 26.3 Å². The highest BCUT2D eigenvalue weighted by Gasteiger charge is 2.18. The van der Waals surface area contributed by atoms with Gasteiger partial charge in [-0.05, 0) is 12.1 Å². The Morgan fingerprint density at radius 3 is 2.62 bits per heavy atom. The summed E-state index contributed by atoms with van der Waals surface area (Å²) in [6, 6.07) is 7.54. The van der Waals surface area contributed by atoms with Gasteiger partial charge in [0.25, 0.3) is 5.91 Å². The van der Waals surface area contributed by atoms with Crippen molar-refractivity contribution in [2.24, 2.45) is 0 Å². The van der Waals surface area contributed by atoms with Crippen LogP contribution in [0.25, 0.3) is 11.3 Å². The van der Waals surface area contributed by atoms with Crippen LogP contribution >= 0.6 is 0 Å². The Kier molecular flexibility index (Phi) is 4.01. The number of hydrogen-bond acceptors (Lipinski definition) is 4. The third-order valence-corrected chi connectivity index (χ3v) is 3.67. The summed E-state index contributed by atoms with van der Waals surface area (Å²) >= 11 is 0. The zero-order valence-electron chi connectivity index (χ0n) is 12.0. The molecule has 1 aromatic carbocycles. The smallest absolute Gasteiger partial charge is 0.254 e. The van der Waals surface area contributed by atoms with Gasteiger partial charge in [-0.3, -0.25) is 4.79 Å². The van der Waals surface area contributed by atoms with E-state index in [0.717, 1.165) is 23.4 Å². The molecule has 1 aromatic heterocycles. The molecule has 5 nitrogen and oxygen atoms in total. The molecule has 1 saturated heterocycles. The molecule has 2 aromatic rings. The minimum Gasteiger partial charge on any atom is -0.448 e. The molecule has 0 aliphatic carbocycles. The molecule has 110 valence electrons. The molecule has 0 N–H and O–H groups in total. The Hall–Kier alpha value is -2.14. The lowest BCUT2D eigenvalue weighted by Gasteiger charge is -2.26. The Morgan fingerprint density at radius 1 is 1.24 bits per heavy atom. The van der Waals surface area contributed by atoms with Crippen molar-refractivity contribution in [3.63, 3.8) is 0 Å². The van der Waals surface area contributed by atoms with Crippen molar-refractivity contribution < 1.29 is 13.9 Å². The largest absolute Gasteiger partial charge is 0.448 e. The zero-order chi connectivity index (χ0) is 14.7. The molecule has 0 saturated carbocycles. The first-order chi connectivity index (χ1) is 10.3. The van der Waals surface area contributed by atoms with Gasteiger partial charge in [0.2, 0.25) is 0 Å². The molecule has 0 atom stereocenters. The van der Waals surface area contributed by atoms with Gasteiger partial charge in [-0.15, -0.1) is 0 Å². The Bertz CT molecular complexity index is 613. The van der Waals surface area contributed by atoms with E-state index < -0.39 is 0 Å². The molecule has 5 heteroatoms. The molecular weight excluding hydrogens is 268 g/mol. The van der Waals surface area contributed by atoms with Crippen LogP contribution in [-0.4, -0.2) is 42.1 Å². The number of nitrogens with zero attached hydrogens (tertiary/aromatic N) is 2. The van der Waals surface area contributed by atoms with Crippen molar-refractivity contribution in [1.29, 1.82) is 0 Å². The van der Waals surface area contributed by atoms with Crippen molar-refractivity contribution in [3.8, 4) is 11.3 Å². The minimum absolute atomic E-state index is 0.0562. The van der Waals surface area contributed by atoms with E-state index in [2.05, 4.69) is 4.98 Å². The first-order valence-electron chi connectivity index (χ1n) is 7.19. The maximum absolute atomic E-state index is 12.4. The van der Waals surface area contributed by atoms with Gasteiger partial charge >= 0.3 is 0 Å². The van der Waals surface area contributed by atoms with E-state index in [9.17, 15) is 4.79 Å². The molecule has 21 heavy (non-hydrogen) atoms. The summed E-state index contributed by atoms with van der Waals surface area (Å²) < 4.78 is 10.6. The average molecular weight is 286 g/mol. The Balaban J connectivity index is 1.79. The highest BCUT2D eigenvalue weighted by Crippen LogP contribution is 2.23. The monoisotopic (exact) mass is 286 g/mol. The van der Waals surface area contributed by atoms with E-state index in [1.165, 1.54) is 6.39 Å². The maximum atomic E-state index is 12.4.